The first-order chi connectivity index (χ1) is 14.0. The maximum Gasteiger partial charge on any atom is 0.293 e. The summed E-state index contributed by atoms with van der Waals surface area (Å²) in [5.41, 5.74) is 2.72. The largest absolute Gasteiger partial charge is 0.485 e. The van der Waals surface area contributed by atoms with Gasteiger partial charge in [-0.05, 0) is 49.2 Å². The third-order valence-electron chi connectivity index (χ3n) is 4.40. The van der Waals surface area contributed by atoms with Gasteiger partial charge >= 0.3 is 0 Å². The summed E-state index contributed by atoms with van der Waals surface area (Å²) < 4.78 is 16.9. The minimum absolute atomic E-state index is 0.00275. The molecule has 4 aromatic rings. The van der Waals surface area contributed by atoms with Crippen molar-refractivity contribution in [1.82, 2.24) is 10.1 Å². The van der Waals surface area contributed by atoms with E-state index >= 15 is 0 Å². The van der Waals surface area contributed by atoms with Gasteiger partial charge in [0.2, 0.25) is 5.82 Å². The predicted molar refractivity (Wildman–Crippen MR) is 104 cm³/mol. The zero-order valence-electron chi connectivity index (χ0n) is 15.8. The van der Waals surface area contributed by atoms with E-state index in [-0.39, 0.29) is 18.2 Å². The van der Waals surface area contributed by atoms with Crippen LogP contribution in [0.4, 0.5) is 5.69 Å². The van der Waals surface area contributed by atoms with E-state index < -0.39 is 4.92 Å². The average molecular weight is 391 g/mol. The second-order valence-corrected chi connectivity index (χ2v) is 6.50. The van der Waals surface area contributed by atoms with Crippen LogP contribution in [0.2, 0.25) is 0 Å². The second kappa shape index (κ2) is 7.59. The van der Waals surface area contributed by atoms with Gasteiger partial charge in [-0.3, -0.25) is 10.1 Å². The molecule has 2 aromatic heterocycles. The van der Waals surface area contributed by atoms with E-state index in [1.807, 2.05) is 32.0 Å². The molecule has 29 heavy (non-hydrogen) atoms. The summed E-state index contributed by atoms with van der Waals surface area (Å²) in [4.78, 5) is 14.6. The molecule has 0 aliphatic heterocycles. The Kier molecular flexibility index (Phi) is 4.82. The highest BCUT2D eigenvalue weighted by Crippen LogP contribution is 2.27. The van der Waals surface area contributed by atoms with Crippen molar-refractivity contribution in [1.29, 1.82) is 0 Å². The van der Waals surface area contributed by atoms with Crippen LogP contribution in [0.1, 0.15) is 16.9 Å². The molecule has 0 atom stereocenters. The predicted octanol–water partition coefficient (Wildman–Crippen LogP) is 5.10. The maximum atomic E-state index is 10.8. The lowest BCUT2D eigenvalue weighted by molar-refractivity contribution is -0.384. The van der Waals surface area contributed by atoms with Gasteiger partial charge in [0.1, 0.15) is 18.1 Å². The molecule has 2 heterocycles. The number of ether oxygens (including phenoxy) is 1. The van der Waals surface area contributed by atoms with Crippen molar-refractivity contribution in [2.24, 2.45) is 0 Å². The van der Waals surface area contributed by atoms with Crippen LogP contribution in [-0.4, -0.2) is 15.1 Å². The molecule has 0 saturated carbocycles. The van der Waals surface area contributed by atoms with Gasteiger partial charge in [0, 0.05) is 17.7 Å². The lowest BCUT2D eigenvalue weighted by Gasteiger charge is -2.10. The highest BCUT2D eigenvalue weighted by atomic mass is 16.6. The SMILES string of the molecule is Cc1cccc(C)c1OCc1ccc(-c2nc(-c3ccc([N+](=O)[O-])cc3)no2)o1. The van der Waals surface area contributed by atoms with Crippen LogP contribution in [0.15, 0.2) is 63.5 Å². The van der Waals surface area contributed by atoms with Gasteiger partial charge in [-0.1, -0.05) is 23.4 Å². The van der Waals surface area contributed by atoms with E-state index in [0.717, 1.165) is 16.9 Å². The Morgan fingerprint density at radius 2 is 1.76 bits per heavy atom. The fraction of sp³-hybridized carbons (Fsp3) is 0.143. The summed E-state index contributed by atoms with van der Waals surface area (Å²) in [5.74, 6) is 2.42. The molecule has 0 fully saturated rings. The van der Waals surface area contributed by atoms with Crippen LogP contribution in [0, 0.1) is 24.0 Å². The first-order valence-electron chi connectivity index (χ1n) is 8.88. The molecule has 0 radical (unpaired) electrons. The van der Waals surface area contributed by atoms with Crippen LogP contribution in [0.25, 0.3) is 23.0 Å². The molecular weight excluding hydrogens is 374 g/mol. The van der Waals surface area contributed by atoms with Crippen LogP contribution in [0.5, 0.6) is 5.75 Å². The van der Waals surface area contributed by atoms with Gasteiger partial charge in [0.15, 0.2) is 5.76 Å². The van der Waals surface area contributed by atoms with Crippen LogP contribution >= 0.6 is 0 Å². The molecule has 0 aliphatic rings. The van der Waals surface area contributed by atoms with Gasteiger partial charge in [0.25, 0.3) is 11.6 Å². The number of hydrogen-bond donors (Lipinski definition) is 0. The lowest BCUT2D eigenvalue weighted by Crippen LogP contribution is -1.97. The van der Waals surface area contributed by atoms with Crippen molar-refractivity contribution >= 4 is 5.69 Å². The third-order valence-corrected chi connectivity index (χ3v) is 4.40. The van der Waals surface area contributed by atoms with Crippen molar-refractivity contribution in [3.05, 3.63) is 81.6 Å². The highest BCUT2D eigenvalue weighted by molar-refractivity contribution is 5.59. The van der Waals surface area contributed by atoms with E-state index in [0.29, 0.717) is 22.9 Å². The topological polar surface area (TPSA) is 104 Å². The Morgan fingerprint density at radius 3 is 2.45 bits per heavy atom. The van der Waals surface area contributed by atoms with Crippen LogP contribution in [0.3, 0.4) is 0 Å². The van der Waals surface area contributed by atoms with E-state index in [9.17, 15) is 10.1 Å². The van der Waals surface area contributed by atoms with E-state index in [1.165, 1.54) is 12.1 Å². The first-order valence-corrected chi connectivity index (χ1v) is 8.88. The fourth-order valence-electron chi connectivity index (χ4n) is 2.91. The highest BCUT2D eigenvalue weighted by Gasteiger charge is 2.16. The number of rotatable bonds is 6. The smallest absolute Gasteiger partial charge is 0.293 e. The Balaban J connectivity index is 1.48. The normalized spacial score (nSPS) is 10.8. The summed E-state index contributed by atoms with van der Waals surface area (Å²) >= 11 is 0. The lowest BCUT2D eigenvalue weighted by atomic mass is 10.1. The summed E-state index contributed by atoms with van der Waals surface area (Å²) in [5, 5.41) is 14.7. The van der Waals surface area contributed by atoms with Gasteiger partial charge < -0.3 is 13.7 Å². The first kappa shape index (κ1) is 18.4. The minimum Gasteiger partial charge on any atom is -0.485 e. The van der Waals surface area contributed by atoms with Gasteiger partial charge in [-0.25, -0.2) is 0 Å². The zero-order valence-corrected chi connectivity index (χ0v) is 15.8. The molecule has 8 heteroatoms. The number of non-ortho nitro benzene ring substituents is 1. The molecular formula is C21H17N3O5. The van der Waals surface area contributed by atoms with Crippen LogP contribution in [-0.2, 0) is 6.61 Å². The maximum absolute atomic E-state index is 10.8. The fourth-order valence-corrected chi connectivity index (χ4v) is 2.91. The van der Waals surface area contributed by atoms with E-state index in [2.05, 4.69) is 10.1 Å². The summed E-state index contributed by atoms with van der Waals surface area (Å²) in [6.07, 6.45) is 0. The van der Waals surface area contributed by atoms with Crippen LogP contribution < -0.4 is 4.74 Å². The molecule has 0 aliphatic carbocycles. The Bertz CT molecular complexity index is 1140. The number of nitro benzene ring substituents is 1. The Labute approximate surface area is 165 Å². The summed E-state index contributed by atoms with van der Waals surface area (Å²) in [7, 11) is 0. The molecule has 0 unspecified atom stereocenters. The number of aryl methyl sites for hydroxylation is 2. The van der Waals surface area contributed by atoms with Crippen molar-refractivity contribution in [3.63, 3.8) is 0 Å². The van der Waals surface area contributed by atoms with Crippen molar-refractivity contribution in [2.45, 2.75) is 20.5 Å². The van der Waals surface area contributed by atoms with Gasteiger partial charge in [-0.2, -0.15) is 4.98 Å². The van der Waals surface area contributed by atoms with Crippen molar-refractivity contribution in [2.75, 3.05) is 0 Å². The monoisotopic (exact) mass is 391 g/mol. The summed E-state index contributed by atoms with van der Waals surface area (Å²) in [6.45, 7) is 4.26. The quantitative estimate of drug-likeness (QED) is 0.332. The molecule has 8 nitrogen and oxygen atoms in total. The van der Waals surface area contributed by atoms with Gasteiger partial charge in [0.05, 0.1) is 4.92 Å². The number of nitrogens with zero attached hydrogens (tertiary/aromatic N) is 3. The molecule has 0 saturated heterocycles. The molecule has 0 bridgehead atoms. The molecule has 0 amide bonds. The van der Waals surface area contributed by atoms with E-state index in [1.54, 1.807) is 24.3 Å². The molecule has 4 rings (SSSR count). The van der Waals surface area contributed by atoms with Gasteiger partial charge in [-0.15, -0.1) is 0 Å². The zero-order chi connectivity index (χ0) is 20.4. The molecule has 2 aromatic carbocycles. The Hall–Kier alpha value is -3.94. The number of nitro groups is 1. The van der Waals surface area contributed by atoms with Crippen molar-refractivity contribution < 1.29 is 18.6 Å². The van der Waals surface area contributed by atoms with E-state index in [4.69, 9.17) is 13.7 Å². The minimum atomic E-state index is -0.462. The third kappa shape index (κ3) is 3.86. The standard InChI is InChI=1S/C21H17N3O5/c1-13-4-3-5-14(2)19(13)27-12-17-10-11-18(28-17)21-22-20(23-29-21)15-6-8-16(9-7-15)24(25)26/h3-11H,12H2,1-2H3. The van der Waals surface area contributed by atoms with Crippen molar-refractivity contribution in [3.8, 4) is 28.8 Å². The number of hydrogen-bond acceptors (Lipinski definition) is 7. The number of benzene rings is 2. The Morgan fingerprint density at radius 1 is 1.03 bits per heavy atom. The second-order valence-electron chi connectivity index (χ2n) is 6.50. The molecule has 0 N–H and O–H groups in total. The summed E-state index contributed by atoms with van der Waals surface area (Å²) in [6, 6.07) is 15.4. The number of furan rings is 1. The molecule has 0 spiro atoms. The number of aromatic nitrogens is 2. The number of para-hydroxylation sites is 1. The average Bonchev–Trinajstić information content (AvgIpc) is 3.37. The molecule has 146 valence electrons.